The molecule has 0 saturated heterocycles. The van der Waals surface area contributed by atoms with Gasteiger partial charge < -0.3 is 4.74 Å². The van der Waals surface area contributed by atoms with E-state index in [9.17, 15) is 4.79 Å². The van der Waals surface area contributed by atoms with Crippen molar-refractivity contribution in [2.24, 2.45) is 0 Å². The van der Waals surface area contributed by atoms with E-state index in [1.165, 1.54) is 12.0 Å². The Kier molecular flexibility index (Phi) is 3.58. The van der Waals surface area contributed by atoms with E-state index in [2.05, 4.69) is 0 Å². The van der Waals surface area contributed by atoms with Crippen LogP contribution in [0.2, 0.25) is 0 Å². The number of methoxy groups -OCH3 is 1. The van der Waals surface area contributed by atoms with Crippen LogP contribution in [0.4, 0.5) is 0 Å². The van der Waals surface area contributed by atoms with Gasteiger partial charge >= 0.3 is 5.97 Å². The van der Waals surface area contributed by atoms with Gasteiger partial charge in [0, 0.05) is 4.90 Å². The van der Waals surface area contributed by atoms with E-state index in [-0.39, 0.29) is 5.97 Å². The maximum atomic E-state index is 11.4. The van der Waals surface area contributed by atoms with Gasteiger partial charge in [-0.1, -0.05) is 0 Å². The van der Waals surface area contributed by atoms with Crippen LogP contribution in [0.15, 0.2) is 17.0 Å². The molecule has 0 bridgehead atoms. The van der Waals surface area contributed by atoms with Crippen molar-refractivity contribution in [1.82, 2.24) is 0 Å². The van der Waals surface area contributed by atoms with Gasteiger partial charge in [-0.15, -0.1) is 11.8 Å². The molecule has 0 aliphatic carbocycles. The van der Waals surface area contributed by atoms with E-state index < -0.39 is 0 Å². The first-order valence-corrected chi connectivity index (χ1v) is 5.56. The minimum absolute atomic E-state index is 0.266. The molecule has 1 rings (SSSR count). The molecule has 1 aromatic rings. The first kappa shape index (κ1) is 11.1. The number of ether oxygens (including phenoxy) is 1. The average Bonchev–Trinajstić information content (AvgIpc) is 2.19. The zero-order valence-corrected chi connectivity index (χ0v) is 9.70. The second-order valence-electron chi connectivity index (χ2n) is 3.13. The summed E-state index contributed by atoms with van der Waals surface area (Å²) in [5.41, 5.74) is 2.73. The highest BCUT2D eigenvalue weighted by Crippen LogP contribution is 2.24. The molecule has 0 radical (unpaired) electrons. The molecule has 0 atom stereocenters. The molecule has 3 heteroatoms. The molecule has 0 amide bonds. The number of carbonyl (C=O) groups is 1. The first-order chi connectivity index (χ1) is 6.60. The Balaban J connectivity index is 3.21. The molecule has 0 aliphatic rings. The normalized spacial score (nSPS) is 10.0. The summed E-state index contributed by atoms with van der Waals surface area (Å²) < 4.78 is 4.70. The molecule has 76 valence electrons. The van der Waals surface area contributed by atoms with Crippen LogP contribution in [0.3, 0.4) is 0 Å². The van der Waals surface area contributed by atoms with Crippen molar-refractivity contribution < 1.29 is 9.53 Å². The highest BCUT2D eigenvalue weighted by Gasteiger charge is 2.11. The largest absolute Gasteiger partial charge is 0.465 e. The number of benzene rings is 1. The number of hydrogen-bond donors (Lipinski definition) is 0. The minimum Gasteiger partial charge on any atom is -0.465 e. The SMILES string of the molecule is COC(=O)c1cc(C)c(SC)cc1C. The molecule has 14 heavy (non-hydrogen) atoms. The zero-order chi connectivity index (χ0) is 10.7. The van der Waals surface area contributed by atoms with Crippen LogP contribution >= 0.6 is 11.8 Å². The molecule has 0 spiro atoms. The van der Waals surface area contributed by atoms with Gasteiger partial charge in [0.05, 0.1) is 12.7 Å². The Morgan fingerprint density at radius 1 is 1.29 bits per heavy atom. The molecule has 0 saturated carbocycles. The molecule has 0 aliphatic heterocycles. The topological polar surface area (TPSA) is 26.3 Å². The molecule has 1 aromatic carbocycles. The van der Waals surface area contributed by atoms with Crippen LogP contribution in [-0.2, 0) is 4.74 Å². The number of carbonyl (C=O) groups excluding carboxylic acids is 1. The molecule has 2 nitrogen and oxygen atoms in total. The van der Waals surface area contributed by atoms with E-state index in [0.29, 0.717) is 5.56 Å². The monoisotopic (exact) mass is 210 g/mol. The Labute approximate surface area is 88.7 Å². The second-order valence-corrected chi connectivity index (χ2v) is 3.98. The lowest BCUT2D eigenvalue weighted by atomic mass is 10.1. The Bertz CT molecular complexity index is 359. The van der Waals surface area contributed by atoms with Crippen molar-refractivity contribution in [3.05, 3.63) is 28.8 Å². The Morgan fingerprint density at radius 3 is 2.43 bits per heavy atom. The lowest BCUT2D eigenvalue weighted by Gasteiger charge is -2.08. The fourth-order valence-corrected chi connectivity index (χ4v) is 2.02. The molecule has 0 N–H and O–H groups in total. The van der Waals surface area contributed by atoms with Crippen LogP contribution in [0, 0.1) is 13.8 Å². The fourth-order valence-electron chi connectivity index (χ4n) is 1.34. The van der Waals surface area contributed by atoms with Crippen molar-refractivity contribution in [3.8, 4) is 0 Å². The third kappa shape index (κ3) is 2.10. The third-order valence-corrected chi connectivity index (χ3v) is 3.03. The fraction of sp³-hybridized carbons (Fsp3) is 0.364. The summed E-state index contributed by atoms with van der Waals surface area (Å²) in [6, 6.07) is 3.90. The van der Waals surface area contributed by atoms with Crippen molar-refractivity contribution in [3.63, 3.8) is 0 Å². The summed E-state index contributed by atoms with van der Waals surface area (Å²) in [7, 11) is 1.40. The summed E-state index contributed by atoms with van der Waals surface area (Å²) in [4.78, 5) is 12.6. The zero-order valence-electron chi connectivity index (χ0n) is 8.88. The van der Waals surface area contributed by atoms with Crippen molar-refractivity contribution in [2.45, 2.75) is 18.7 Å². The Hall–Kier alpha value is -0.960. The summed E-state index contributed by atoms with van der Waals surface area (Å²) >= 11 is 1.69. The summed E-state index contributed by atoms with van der Waals surface area (Å²) in [5.74, 6) is -0.266. The van der Waals surface area contributed by atoms with Gasteiger partial charge in [0.15, 0.2) is 0 Å². The smallest absolute Gasteiger partial charge is 0.338 e. The van der Waals surface area contributed by atoms with Gasteiger partial charge in [0.1, 0.15) is 0 Å². The average molecular weight is 210 g/mol. The van der Waals surface area contributed by atoms with Crippen molar-refractivity contribution in [1.29, 1.82) is 0 Å². The highest BCUT2D eigenvalue weighted by molar-refractivity contribution is 7.98. The van der Waals surface area contributed by atoms with Crippen LogP contribution in [0.1, 0.15) is 21.5 Å². The number of thioether (sulfide) groups is 1. The van der Waals surface area contributed by atoms with E-state index in [0.717, 1.165) is 11.1 Å². The first-order valence-electron chi connectivity index (χ1n) is 4.33. The number of esters is 1. The lowest BCUT2D eigenvalue weighted by Crippen LogP contribution is -2.04. The van der Waals surface area contributed by atoms with E-state index in [1.807, 2.05) is 32.2 Å². The number of rotatable bonds is 2. The Morgan fingerprint density at radius 2 is 1.93 bits per heavy atom. The van der Waals surface area contributed by atoms with Crippen LogP contribution in [0.25, 0.3) is 0 Å². The molecule has 0 heterocycles. The van der Waals surface area contributed by atoms with Crippen molar-refractivity contribution >= 4 is 17.7 Å². The van der Waals surface area contributed by atoms with Gasteiger partial charge in [0.25, 0.3) is 0 Å². The van der Waals surface area contributed by atoms with Gasteiger partial charge in [-0.25, -0.2) is 4.79 Å². The van der Waals surface area contributed by atoms with E-state index in [4.69, 9.17) is 4.74 Å². The summed E-state index contributed by atoms with van der Waals surface area (Å²) in [5, 5.41) is 0. The van der Waals surface area contributed by atoms with Crippen LogP contribution in [0.5, 0.6) is 0 Å². The summed E-state index contributed by atoms with van der Waals surface area (Å²) in [6.45, 7) is 3.92. The van der Waals surface area contributed by atoms with Gasteiger partial charge in [-0.2, -0.15) is 0 Å². The lowest BCUT2D eigenvalue weighted by molar-refractivity contribution is 0.0599. The van der Waals surface area contributed by atoms with E-state index in [1.54, 1.807) is 11.8 Å². The number of aryl methyl sites for hydroxylation is 2. The van der Waals surface area contributed by atoms with Gasteiger partial charge in [-0.3, -0.25) is 0 Å². The molecule has 0 unspecified atom stereocenters. The predicted molar refractivity (Wildman–Crippen MR) is 59.0 cm³/mol. The highest BCUT2D eigenvalue weighted by atomic mass is 32.2. The molecular weight excluding hydrogens is 196 g/mol. The van der Waals surface area contributed by atoms with Crippen molar-refractivity contribution in [2.75, 3.05) is 13.4 Å². The van der Waals surface area contributed by atoms with E-state index >= 15 is 0 Å². The summed E-state index contributed by atoms with van der Waals surface area (Å²) in [6.07, 6.45) is 2.03. The quantitative estimate of drug-likeness (QED) is 0.554. The third-order valence-electron chi connectivity index (χ3n) is 2.15. The standard InChI is InChI=1S/C11H14O2S/c1-7-6-10(14-4)8(2)5-9(7)11(12)13-3/h5-6H,1-4H3. The molecule has 0 fully saturated rings. The maximum Gasteiger partial charge on any atom is 0.338 e. The molecular formula is C11H14O2S. The minimum atomic E-state index is -0.266. The van der Waals surface area contributed by atoms with Crippen LogP contribution in [-0.4, -0.2) is 19.3 Å². The van der Waals surface area contributed by atoms with Gasteiger partial charge in [0.2, 0.25) is 0 Å². The van der Waals surface area contributed by atoms with Crippen LogP contribution < -0.4 is 0 Å². The van der Waals surface area contributed by atoms with Gasteiger partial charge in [-0.05, 0) is 43.4 Å². The second kappa shape index (κ2) is 4.51. The molecule has 0 aromatic heterocycles. The maximum absolute atomic E-state index is 11.4. The predicted octanol–water partition coefficient (Wildman–Crippen LogP) is 2.81. The number of hydrogen-bond acceptors (Lipinski definition) is 3.